The number of rotatable bonds is 6. The zero-order valence-corrected chi connectivity index (χ0v) is 11.8. The van der Waals surface area contributed by atoms with Crippen molar-refractivity contribution in [2.24, 2.45) is 5.73 Å². The van der Waals surface area contributed by atoms with Crippen LogP contribution in [0.3, 0.4) is 0 Å². The quantitative estimate of drug-likeness (QED) is 0.794. The van der Waals surface area contributed by atoms with Crippen molar-refractivity contribution in [3.63, 3.8) is 0 Å². The fourth-order valence-corrected chi connectivity index (χ4v) is 1.67. The molecule has 8 nitrogen and oxygen atoms in total. The molecule has 1 amide bonds. The Kier molecular flexibility index (Phi) is 4.72. The first-order chi connectivity index (χ1) is 10.2. The number of amides is 1. The molecule has 1 aromatic heterocycles. The van der Waals surface area contributed by atoms with E-state index in [0.717, 1.165) is 0 Å². The van der Waals surface area contributed by atoms with E-state index in [9.17, 15) is 4.79 Å². The van der Waals surface area contributed by atoms with Crippen molar-refractivity contribution in [1.82, 2.24) is 15.5 Å². The molecule has 3 N–H and O–H groups in total. The number of hydrogen-bond donors (Lipinski definition) is 2. The lowest BCUT2D eigenvalue weighted by Gasteiger charge is -2.07. The van der Waals surface area contributed by atoms with E-state index in [0.29, 0.717) is 30.2 Å². The maximum absolute atomic E-state index is 11.7. The third-order valence-electron chi connectivity index (χ3n) is 2.69. The normalized spacial score (nSPS) is 10.2. The lowest BCUT2D eigenvalue weighted by atomic mass is 10.2. The van der Waals surface area contributed by atoms with Crippen molar-refractivity contribution >= 4 is 5.91 Å². The molecule has 2 aromatic rings. The fraction of sp³-hybridized carbons (Fsp3) is 0.308. The molecule has 21 heavy (non-hydrogen) atoms. The van der Waals surface area contributed by atoms with Crippen LogP contribution >= 0.6 is 0 Å². The molecule has 2 rings (SSSR count). The average Bonchev–Trinajstić information content (AvgIpc) is 3.01. The van der Waals surface area contributed by atoms with Gasteiger partial charge in [-0.05, 0) is 18.2 Å². The highest BCUT2D eigenvalue weighted by Crippen LogP contribution is 2.31. The highest BCUT2D eigenvalue weighted by atomic mass is 16.5. The first-order valence-electron chi connectivity index (χ1n) is 6.24. The highest BCUT2D eigenvalue weighted by molar-refractivity contribution is 5.89. The molecule has 8 heteroatoms. The van der Waals surface area contributed by atoms with Crippen LogP contribution in [0.25, 0.3) is 11.4 Å². The number of hydrogen-bond acceptors (Lipinski definition) is 7. The molecule has 0 saturated heterocycles. The van der Waals surface area contributed by atoms with Gasteiger partial charge in [-0.2, -0.15) is 4.98 Å². The zero-order valence-electron chi connectivity index (χ0n) is 11.8. The van der Waals surface area contributed by atoms with Crippen LogP contribution in [0.5, 0.6) is 11.5 Å². The fourth-order valence-electron chi connectivity index (χ4n) is 1.67. The molecule has 0 bridgehead atoms. The van der Waals surface area contributed by atoms with Gasteiger partial charge in [0.05, 0.1) is 14.2 Å². The van der Waals surface area contributed by atoms with Gasteiger partial charge < -0.3 is 25.0 Å². The van der Waals surface area contributed by atoms with Gasteiger partial charge in [0.25, 0.3) is 0 Å². The summed E-state index contributed by atoms with van der Waals surface area (Å²) in [6.45, 7) is 0.676. The lowest BCUT2D eigenvalue weighted by Crippen LogP contribution is -2.29. The van der Waals surface area contributed by atoms with Crippen molar-refractivity contribution < 1.29 is 18.8 Å². The second kappa shape index (κ2) is 6.71. The van der Waals surface area contributed by atoms with Crippen LogP contribution in [0.2, 0.25) is 0 Å². The number of ether oxygens (including phenoxy) is 2. The van der Waals surface area contributed by atoms with Gasteiger partial charge in [-0.3, -0.25) is 4.79 Å². The molecule has 1 heterocycles. The van der Waals surface area contributed by atoms with Crippen molar-refractivity contribution in [3.8, 4) is 22.9 Å². The molecule has 0 aliphatic carbocycles. The summed E-state index contributed by atoms with van der Waals surface area (Å²) in [5, 5.41) is 6.32. The van der Waals surface area contributed by atoms with Crippen molar-refractivity contribution in [2.45, 2.75) is 0 Å². The number of carbonyl (C=O) groups is 1. The minimum absolute atomic E-state index is 0.117. The summed E-state index contributed by atoms with van der Waals surface area (Å²) in [6.07, 6.45) is 0. The van der Waals surface area contributed by atoms with E-state index in [-0.39, 0.29) is 11.7 Å². The van der Waals surface area contributed by atoms with E-state index in [1.807, 2.05) is 0 Å². The minimum atomic E-state index is -0.459. The Balaban J connectivity index is 2.23. The van der Waals surface area contributed by atoms with Crippen LogP contribution in [0.15, 0.2) is 22.7 Å². The Morgan fingerprint density at radius 2 is 2.10 bits per heavy atom. The van der Waals surface area contributed by atoms with Gasteiger partial charge in [0.2, 0.25) is 5.82 Å². The monoisotopic (exact) mass is 292 g/mol. The van der Waals surface area contributed by atoms with E-state index < -0.39 is 5.91 Å². The molecule has 0 spiro atoms. The van der Waals surface area contributed by atoms with Crippen LogP contribution in [-0.2, 0) is 0 Å². The van der Waals surface area contributed by atoms with Crippen molar-refractivity contribution in [3.05, 3.63) is 24.1 Å². The van der Waals surface area contributed by atoms with E-state index in [1.54, 1.807) is 25.3 Å². The molecule has 0 fully saturated rings. The summed E-state index contributed by atoms with van der Waals surface area (Å²) in [5.41, 5.74) is 5.95. The first kappa shape index (κ1) is 14.8. The number of nitrogens with one attached hydrogen (secondary N) is 1. The van der Waals surface area contributed by atoms with Crippen molar-refractivity contribution in [1.29, 1.82) is 0 Å². The maximum atomic E-state index is 11.7. The van der Waals surface area contributed by atoms with Gasteiger partial charge in [-0.15, -0.1) is 0 Å². The number of nitrogens with two attached hydrogens (primary N) is 1. The molecule has 1 aromatic carbocycles. The van der Waals surface area contributed by atoms with Crippen LogP contribution in [-0.4, -0.2) is 43.4 Å². The van der Waals surface area contributed by atoms with Crippen molar-refractivity contribution in [2.75, 3.05) is 27.3 Å². The number of carbonyl (C=O) groups excluding carboxylic acids is 1. The summed E-state index contributed by atoms with van der Waals surface area (Å²) < 4.78 is 15.3. The molecule has 0 aliphatic heterocycles. The van der Waals surface area contributed by atoms with Crippen LogP contribution < -0.4 is 20.5 Å². The second-order valence-electron chi connectivity index (χ2n) is 4.04. The van der Waals surface area contributed by atoms with Crippen LogP contribution in [0.1, 0.15) is 10.7 Å². The van der Waals surface area contributed by atoms with E-state index in [2.05, 4.69) is 15.5 Å². The predicted molar refractivity (Wildman–Crippen MR) is 74.2 cm³/mol. The SMILES string of the molecule is COc1ccc(-c2noc(C(=O)NCCN)n2)cc1OC. The summed E-state index contributed by atoms with van der Waals surface area (Å²) >= 11 is 0. The first-order valence-corrected chi connectivity index (χ1v) is 6.24. The molecule has 0 radical (unpaired) electrons. The second-order valence-corrected chi connectivity index (χ2v) is 4.04. The smallest absolute Gasteiger partial charge is 0.316 e. The molecule has 112 valence electrons. The Labute approximate surface area is 121 Å². The molecular weight excluding hydrogens is 276 g/mol. The molecule has 0 saturated carbocycles. The number of nitrogens with zero attached hydrogens (tertiary/aromatic N) is 2. The van der Waals surface area contributed by atoms with Gasteiger partial charge in [0.15, 0.2) is 11.5 Å². The summed E-state index contributed by atoms with van der Waals surface area (Å²) in [7, 11) is 3.08. The highest BCUT2D eigenvalue weighted by Gasteiger charge is 2.16. The Bertz CT molecular complexity index is 626. The lowest BCUT2D eigenvalue weighted by molar-refractivity contribution is 0.0911. The maximum Gasteiger partial charge on any atom is 0.316 e. The molecule has 0 unspecified atom stereocenters. The summed E-state index contributed by atoms with van der Waals surface area (Å²) in [5.74, 6) is 0.835. The van der Waals surface area contributed by atoms with Gasteiger partial charge in [0.1, 0.15) is 0 Å². The van der Waals surface area contributed by atoms with E-state index in [1.165, 1.54) is 7.11 Å². The van der Waals surface area contributed by atoms with Gasteiger partial charge in [0, 0.05) is 18.7 Å². The topological polar surface area (TPSA) is 112 Å². The molecular formula is C13H16N4O4. The van der Waals surface area contributed by atoms with Crippen LogP contribution in [0, 0.1) is 0 Å². The minimum Gasteiger partial charge on any atom is -0.493 e. The number of aromatic nitrogens is 2. The van der Waals surface area contributed by atoms with Crippen LogP contribution in [0.4, 0.5) is 0 Å². The Morgan fingerprint density at radius 1 is 1.33 bits per heavy atom. The average molecular weight is 292 g/mol. The number of benzene rings is 1. The Hall–Kier alpha value is -2.61. The third-order valence-corrected chi connectivity index (χ3v) is 2.69. The van der Waals surface area contributed by atoms with Gasteiger partial charge >= 0.3 is 11.8 Å². The largest absolute Gasteiger partial charge is 0.493 e. The van der Waals surface area contributed by atoms with Gasteiger partial charge in [-0.1, -0.05) is 5.16 Å². The third kappa shape index (κ3) is 3.29. The Morgan fingerprint density at radius 3 is 2.76 bits per heavy atom. The van der Waals surface area contributed by atoms with E-state index in [4.69, 9.17) is 19.7 Å². The predicted octanol–water partition coefficient (Wildman–Crippen LogP) is 0.442. The molecule has 0 atom stereocenters. The van der Waals surface area contributed by atoms with Gasteiger partial charge in [-0.25, -0.2) is 0 Å². The summed E-state index contributed by atoms with van der Waals surface area (Å²) in [4.78, 5) is 15.7. The zero-order chi connectivity index (χ0) is 15.2. The summed E-state index contributed by atoms with van der Waals surface area (Å²) in [6, 6.07) is 5.16. The number of methoxy groups -OCH3 is 2. The molecule has 0 aliphatic rings. The van der Waals surface area contributed by atoms with E-state index >= 15 is 0 Å². The standard InChI is InChI=1S/C13H16N4O4/c1-19-9-4-3-8(7-10(9)20-2)11-16-13(21-17-11)12(18)15-6-5-14/h3-4,7H,5-6,14H2,1-2H3,(H,15,18).